The maximum Gasteiger partial charge on any atom is 0.299 e. The summed E-state index contributed by atoms with van der Waals surface area (Å²) in [6, 6.07) is 3.65. The number of Topliss-reactive ketones (excluding diaryl/α,β-unsaturated/α-hetero) is 1. The predicted octanol–water partition coefficient (Wildman–Crippen LogP) is 1.50. The molecule has 0 saturated carbocycles. The lowest BCUT2D eigenvalue weighted by Crippen LogP contribution is -2.29. The summed E-state index contributed by atoms with van der Waals surface area (Å²) in [4.78, 5) is 29.0. The van der Waals surface area contributed by atoms with Gasteiger partial charge in [-0.15, -0.1) is 0 Å². The number of anilines is 1. The smallest absolute Gasteiger partial charge is 0.299 e. The predicted molar refractivity (Wildman–Crippen MR) is 65.6 cm³/mol. The van der Waals surface area contributed by atoms with Gasteiger partial charge < -0.3 is 4.52 Å². The number of benzene rings is 1. The van der Waals surface area contributed by atoms with Crippen LogP contribution < -0.4 is 4.90 Å². The van der Waals surface area contributed by atoms with E-state index in [1.165, 1.54) is 17.0 Å². The molecule has 2 aromatic rings. The number of nitrogens with zero attached hydrogens (tertiary/aromatic N) is 3. The third kappa shape index (κ3) is 1.87. The zero-order chi connectivity index (χ0) is 14.3. The first-order chi connectivity index (χ1) is 9.60. The highest BCUT2D eigenvalue weighted by Crippen LogP contribution is 2.30. The van der Waals surface area contributed by atoms with Crippen molar-refractivity contribution in [2.45, 2.75) is 19.9 Å². The molecule has 0 unspecified atom stereocenters. The molecule has 0 aliphatic carbocycles. The molecule has 1 aromatic carbocycles. The number of carbonyl (C=O) groups is 2. The summed E-state index contributed by atoms with van der Waals surface area (Å²) < 4.78 is 18.1. The second-order valence-electron chi connectivity index (χ2n) is 4.34. The van der Waals surface area contributed by atoms with Crippen LogP contribution in [0.2, 0.25) is 0 Å². The van der Waals surface area contributed by atoms with Crippen molar-refractivity contribution < 1.29 is 18.5 Å². The van der Waals surface area contributed by atoms with Gasteiger partial charge in [0.15, 0.2) is 5.82 Å². The minimum absolute atomic E-state index is 0.00376. The van der Waals surface area contributed by atoms with E-state index in [1.807, 2.05) is 6.92 Å². The molecule has 6 nitrogen and oxygen atoms in total. The number of halogens is 1. The Morgan fingerprint density at radius 2 is 2.15 bits per heavy atom. The third-order valence-electron chi connectivity index (χ3n) is 3.05. The Hall–Kier alpha value is -2.57. The summed E-state index contributed by atoms with van der Waals surface area (Å²) in [7, 11) is 0. The standard InChI is InChI=1S/C13H10FN3O3/c1-2-10-15-11(20-16-10)6-17-9-4-3-7(14)5-8(9)12(18)13(17)19/h3-5H,2,6H2,1H3. The summed E-state index contributed by atoms with van der Waals surface area (Å²) >= 11 is 0. The van der Waals surface area contributed by atoms with Crippen molar-refractivity contribution in [3.05, 3.63) is 41.3 Å². The van der Waals surface area contributed by atoms with Gasteiger partial charge in [-0.25, -0.2) is 4.39 Å². The summed E-state index contributed by atoms with van der Waals surface area (Å²) in [6.07, 6.45) is 0.609. The van der Waals surface area contributed by atoms with Crippen molar-refractivity contribution in [3.63, 3.8) is 0 Å². The molecule has 0 atom stereocenters. The SMILES string of the molecule is CCc1noc(CN2C(=O)C(=O)c3cc(F)ccc32)n1. The van der Waals surface area contributed by atoms with Gasteiger partial charge in [0.25, 0.3) is 11.7 Å². The number of hydrogen-bond donors (Lipinski definition) is 0. The summed E-state index contributed by atoms with van der Waals surface area (Å²) in [5.74, 6) is -1.24. The zero-order valence-corrected chi connectivity index (χ0v) is 10.6. The second-order valence-corrected chi connectivity index (χ2v) is 4.34. The topological polar surface area (TPSA) is 76.3 Å². The fourth-order valence-corrected chi connectivity index (χ4v) is 2.06. The molecular weight excluding hydrogens is 265 g/mol. The average Bonchev–Trinajstić information content (AvgIpc) is 2.99. The highest BCUT2D eigenvalue weighted by Gasteiger charge is 2.36. The van der Waals surface area contributed by atoms with E-state index in [9.17, 15) is 14.0 Å². The van der Waals surface area contributed by atoms with Crippen LogP contribution in [-0.2, 0) is 17.8 Å². The van der Waals surface area contributed by atoms with Crippen molar-refractivity contribution in [3.8, 4) is 0 Å². The van der Waals surface area contributed by atoms with E-state index in [2.05, 4.69) is 10.1 Å². The first-order valence-corrected chi connectivity index (χ1v) is 6.07. The molecule has 7 heteroatoms. The van der Waals surface area contributed by atoms with Crippen LogP contribution in [0.5, 0.6) is 0 Å². The highest BCUT2D eigenvalue weighted by molar-refractivity contribution is 6.52. The molecule has 0 bridgehead atoms. The lowest BCUT2D eigenvalue weighted by Gasteiger charge is -2.13. The number of hydrogen-bond acceptors (Lipinski definition) is 5. The maximum absolute atomic E-state index is 13.1. The molecule has 1 aliphatic heterocycles. The second kappa shape index (κ2) is 4.52. The number of aromatic nitrogens is 2. The summed E-state index contributed by atoms with van der Waals surface area (Å²) in [6.45, 7) is 1.87. The molecule has 0 radical (unpaired) electrons. The molecule has 3 rings (SSSR count). The minimum Gasteiger partial charge on any atom is -0.337 e. The van der Waals surface area contributed by atoms with Gasteiger partial charge in [-0.2, -0.15) is 4.98 Å². The first kappa shape index (κ1) is 12.5. The highest BCUT2D eigenvalue weighted by atomic mass is 19.1. The summed E-state index contributed by atoms with van der Waals surface area (Å²) in [5.41, 5.74) is 0.419. The molecule has 1 aromatic heterocycles. The molecule has 1 amide bonds. The van der Waals surface area contributed by atoms with Crippen molar-refractivity contribution in [2.75, 3.05) is 4.90 Å². The van der Waals surface area contributed by atoms with Crippen LogP contribution in [0, 0.1) is 5.82 Å². The van der Waals surface area contributed by atoms with E-state index in [0.29, 0.717) is 17.9 Å². The van der Waals surface area contributed by atoms with Crippen LogP contribution in [0.1, 0.15) is 29.0 Å². The quantitative estimate of drug-likeness (QED) is 0.793. The van der Waals surface area contributed by atoms with Crippen molar-refractivity contribution in [1.29, 1.82) is 0 Å². The molecule has 0 saturated heterocycles. The molecule has 0 fully saturated rings. The van der Waals surface area contributed by atoms with Crippen molar-refractivity contribution in [1.82, 2.24) is 10.1 Å². The van der Waals surface area contributed by atoms with Crippen LogP contribution in [0.15, 0.2) is 22.7 Å². The fourth-order valence-electron chi connectivity index (χ4n) is 2.06. The maximum atomic E-state index is 13.1. The van der Waals surface area contributed by atoms with Gasteiger partial charge in [-0.3, -0.25) is 14.5 Å². The number of amides is 1. The van der Waals surface area contributed by atoms with Crippen LogP contribution in [0.3, 0.4) is 0 Å². The van der Waals surface area contributed by atoms with Crippen molar-refractivity contribution in [2.24, 2.45) is 0 Å². The molecular formula is C13H10FN3O3. The lowest BCUT2D eigenvalue weighted by molar-refractivity contribution is -0.114. The number of ketones is 1. The van der Waals surface area contributed by atoms with Gasteiger partial charge in [0.2, 0.25) is 5.89 Å². The number of rotatable bonds is 3. The Morgan fingerprint density at radius 3 is 2.85 bits per heavy atom. The normalized spacial score (nSPS) is 14.0. The van der Waals surface area contributed by atoms with Crippen LogP contribution in [-0.4, -0.2) is 21.8 Å². The zero-order valence-electron chi connectivity index (χ0n) is 10.6. The Bertz CT molecular complexity index is 711. The van der Waals surface area contributed by atoms with E-state index < -0.39 is 17.5 Å². The van der Waals surface area contributed by atoms with E-state index in [1.54, 1.807) is 0 Å². The lowest BCUT2D eigenvalue weighted by atomic mass is 10.1. The van der Waals surface area contributed by atoms with Crippen LogP contribution >= 0.6 is 0 Å². The van der Waals surface area contributed by atoms with Gasteiger partial charge >= 0.3 is 0 Å². The minimum atomic E-state index is -0.727. The summed E-state index contributed by atoms with van der Waals surface area (Å²) in [5, 5.41) is 3.72. The molecule has 102 valence electrons. The Labute approximate surface area is 113 Å². The van der Waals surface area contributed by atoms with Gasteiger partial charge in [-0.1, -0.05) is 12.1 Å². The average molecular weight is 275 g/mol. The first-order valence-electron chi connectivity index (χ1n) is 6.07. The van der Waals surface area contributed by atoms with Gasteiger partial charge in [0.05, 0.1) is 11.3 Å². The molecule has 0 N–H and O–H groups in total. The van der Waals surface area contributed by atoms with Crippen LogP contribution in [0.4, 0.5) is 10.1 Å². The Kier molecular flexibility index (Phi) is 2.81. The van der Waals surface area contributed by atoms with E-state index in [4.69, 9.17) is 4.52 Å². The molecule has 0 spiro atoms. The van der Waals surface area contributed by atoms with Crippen molar-refractivity contribution >= 4 is 17.4 Å². The van der Waals surface area contributed by atoms with Gasteiger partial charge in [0.1, 0.15) is 12.4 Å². The number of fused-ring (bicyclic) bond motifs is 1. The van der Waals surface area contributed by atoms with Gasteiger partial charge in [0, 0.05) is 6.42 Å². The monoisotopic (exact) mass is 275 g/mol. The number of aryl methyl sites for hydroxylation is 1. The largest absolute Gasteiger partial charge is 0.337 e. The molecule has 2 heterocycles. The third-order valence-corrected chi connectivity index (χ3v) is 3.05. The van der Waals surface area contributed by atoms with E-state index >= 15 is 0 Å². The van der Waals surface area contributed by atoms with Gasteiger partial charge in [-0.05, 0) is 18.2 Å². The van der Waals surface area contributed by atoms with E-state index in [-0.39, 0.29) is 18.0 Å². The van der Waals surface area contributed by atoms with Crippen LogP contribution in [0.25, 0.3) is 0 Å². The Morgan fingerprint density at radius 1 is 1.35 bits per heavy atom. The number of carbonyl (C=O) groups excluding carboxylic acids is 2. The Balaban J connectivity index is 1.95. The molecule has 1 aliphatic rings. The fraction of sp³-hybridized carbons (Fsp3) is 0.231. The molecule has 20 heavy (non-hydrogen) atoms. The van der Waals surface area contributed by atoms with E-state index in [0.717, 1.165) is 6.07 Å².